The highest BCUT2D eigenvalue weighted by Crippen LogP contribution is 2.50. The fourth-order valence-electron chi connectivity index (χ4n) is 5.33. The van der Waals surface area contributed by atoms with Crippen molar-refractivity contribution in [3.63, 3.8) is 0 Å². The molecule has 34 heavy (non-hydrogen) atoms. The average molecular weight is 468 g/mol. The SMILES string of the molecule is CCCOc1ccc(C2C3=C(CCCC3=O)N(CCC(=O)O)C3=C2C(=O)CCC3)cc1OCC. The molecule has 1 N–H and O–H groups in total. The number of carbonyl (C=O) groups is 3. The smallest absolute Gasteiger partial charge is 0.305 e. The van der Waals surface area contributed by atoms with Crippen LogP contribution in [0, 0.1) is 0 Å². The molecule has 2 aliphatic carbocycles. The minimum absolute atomic E-state index is 0.0424. The average Bonchev–Trinajstić information content (AvgIpc) is 2.82. The van der Waals surface area contributed by atoms with Crippen LogP contribution >= 0.6 is 0 Å². The molecule has 0 bridgehead atoms. The molecular formula is C27H33NO6. The topological polar surface area (TPSA) is 93.1 Å². The Labute approximate surface area is 200 Å². The Bertz CT molecular complexity index is 1010. The van der Waals surface area contributed by atoms with E-state index in [2.05, 4.69) is 0 Å². The van der Waals surface area contributed by atoms with Crippen molar-refractivity contribution in [2.24, 2.45) is 0 Å². The second-order valence-corrected chi connectivity index (χ2v) is 8.99. The van der Waals surface area contributed by atoms with Crippen molar-refractivity contribution < 1.29 is 29.0 Å². The zero-order valence-electron chi connectivity index (χ0n) is 20.0. The van der Waals surface area contributed by atoms with Crippen LogP contribution in [0.2, 0.25) is 0 Å². The van der Waals surface area contributed by atoms with Gasteiger partial charge in [-0.05, 0) is 56.7 Å². The molecule has 0 fully saturated rings. The maximum Gasteiger partial charge on any atom is 0.305 e. The van der Waals surface area contributed by atoms with E-state index < -0.39 is 11.9 Å². The third-order valence-electron chi connectivity index (χ3n) is 6.70. The molecule has 7 nitrogen and oxygen atoms in total. The van der Waals surface area contributed by atoms with E-state index in [4.69, 9.17) is 9.47 Å². The van der Waals surface area contributed by atoms with E-state index >= 15 is 0 Å². The van der Waals surface area contributed by atoms with Crippen LogP contribution in [0.1, 0.15) is 76.7 Å². The van der Waals surface area contributed by atoms with Gasteiger partial charge in [0.2, 0.25) is 0 Å². The lowest BCUT2D eigenvalue weighted by Gasteiger charge is -2.44. The number of allylic oxidation sites excluding steroid dienone is 4. The molecule has 182 valence electrons. The molecule has 0 saturated heterocycles. The first-order valence-corrected chi connectivity index (χ1v) is 12.4. The molecule has 0 radical (unpaired) electrons. The number of benzene rings is 1. The van der Waals surface area contributed by atoms with E-state index in [1.807, 2.05) is 36.9 Å². The van der Waals surface area contributed by atoms with E-state index in [0.29, 0.717) is 61.5 Å². The summed E-state index contributed by atoms with van der Waals surface area (Å²) >= 11 is 0. The maximum absolute atomic E-state index is 13.3. The van der Waals surface area contributed by atoms with E-state index in [0.717, 1.165) is 36.2 Å². The van der Waals surface area contributed by atoms with Crippen molar-refractivity contribution in [2.75, 3.05) is 19.8 Å². The fraction of sp³-hybridized carbons (Fsp3) is 0.519. The summed E-state index contributed by atoms with van der Waals surface area (Å²) in [5.41, 5.74) is 3.92. The normalized spacial score (nSPS) is 18.7. The molecule has 0 aromatic heterocycles. The predicted octanol–water partition coefficient (Wildman–Crippen LogP) is 4.76. The molecule has 1 aromatic rings. The van der Waals surface area contributed by atoms with Gasteiger partial charge in [-0.15, -0.1) is 0 Å². The summed E-state index contributed by atoms with van der Waals surface area (Å²) in [4.78, 5) is 40.0. The van der Waals surface area contributed by atoms with E-state index in [1.165, 1.54) is 0 Å². The number of nitrogens with zero attached hydrogens (tertiary/aromatic N) is 1. The van der Waals surface area contributed by atoms with Gasteiger partial charge in [-0.1, -0.05) is 13.0 Å². The number of carbonyl (C=O) groups excluding carboxylic acids is 2. The molecule has 0 amide bonds. The molecule has 0 atom stereocenters. The van der Waals surface area contributed by atoms with Gasteiger partial charge in [0.15, 0.2) is 23.1 Å². The molecule has 1 heterocycles. The molecule has 1 aliphatic heterocycles. The van der Waals surface area contributed by atoms with Gasteiger partial charge in [0.05, 0.1) is 19.6 Å². The number of hydrogen-bond donors (Lipinski definition) is 1. The predicted molar refractivity (Wildman–Crippen MR) is 127 cm³/mol. The highest BCUT2D eigenvalue weighted by Gasteiger charge is 2.43. The van der Waals surface area contributed by atoms with Crippen LogP contribution in [-0.4, -0.2) is 47.3 Å². The summed E-state index contributed by atoms with van der Waals surface area (Å²) in [5.74, 6) is 0.00429. The Hall–Kier alpha value is -3.09. The van der Waals surface area contributed by atoms with Crippen molar-refractivity contribution in [1.82, 2.24) is 4.90 Å². The Morgan fingerprint density at radius 3 is 2.18 bits per heavy atom. The Morgan fingerprint density at radius 1 is 0.971 bits per heavy atom. The van der Waals surface area contributed by atoms with E-state index in [1.54, 1.807) is 0 Å². The van der Waals surface area contributed by atoms with Crippen molar-refractivity contribution >= 4 is 17.5 Å². The van der Waals surface area contributed by atoms with Crippen LogP contribution in [0.3, 0.4) is 0 Å². The molecule has 3 aliphatic rings. The number of ketones is 2. The Kier molecular flexibility index (Phi) is 7.39. The highest BCUT2D eigenvalue weighted by atomic mass is 16.5. The summed E-state index contributed by atoms with van der Waals surface area (Å²) in [5, 5.41) is 9.32. The summed E-state index contributed by atoms with van der Waals surface area (Å²) in [7, 11) is 0. The lowest BCUT2D eigenvalue weighted by atomic mass is 9.71. The number of ether oxygens (including phenoxy) is 2. The highest BCUT2D eigenvalue weighted by molar-refractivity contribution is 6.06. The quantitative estimate of drug-likeness (QED) is 0.559. The molecule has 7 heteroatoms. The Balaban J connectivity index is 1.86. The number of rotatable bonds is 9. The summed E-state index contributed by atoms with van der Waals surface area (Å²) in [6.07, 6.45) is 4.59. The summed E-state index contributed by atoms with van der Waals surface area (Å²) in [6.45, 7) is 5.27. The third kappa shape index (κ3) is 4.61. The molecule has 1 aromatic carbocycles. The first-order valence-electron chi connectivity index (χ1n) is 12.4. The Morgan fingerprint density at radius 2 is 1.62 bits per heavy atom. The lowest BCUT2D eigenvalue weighted by molar-refractivity contribution is -0.137. The van der Waals surface area contributed by atoms with E-state index in [-0.39, 0.29) is 24.5 Å². The molecule has 4 rings (SSSR count). The first kappa shape index (κ1) is 24.0. The zero-order valence-corrected chi connectivity index (χ0v) is 20.0. The standard InChI is InChI=1S/C27H33NO6/c1-3-15-34-22-12-11-17(16-23(22)33-4-2)25-26-18(7-5-9-20(26)29)28(14-13-24(31)32)19-8-6-10-21(30)27(19)25/h11-12,16,25H,3-10,13-15H2,1-2H3,(H,31,32). The van der Waals surface area contributed by atoms with Gasteiger partial charge in [0, 0.05) is 47.8 Å². The largest absolute Gasteiger partial charge is 0.490 e. The second kappa shape index (κ2) is 10.5. The molecule has 0 saturated carbocycles. The summed E-state index contributed by atoms with van der Waals surface area (Å²) in [6, 6.07) is 5.71. The van der Waals surface area contributed by atoms with Crippen LogP contribution in [0.25, 0.3) is 0 Å². The molecule has 0 unspecified atom stereocenters. The fourth-order valence-corrected chi connectivity index (χ4v) is 5.33. The maximum atomic E-state index is 13.3. The van der Waals surface area contributed by atoms with Crippen molar-refractivity contribution in [3.8, 4) is 11.5 Å². The summed E-state index contributed by atoms with van der Waals surface area (Å²) < 4.78 is 11.7. The van der Waals surface area contributed by atoms with Crippen molar-refractivity contribution in [2.45, 2.75) is 71.1 Å². The second-order valence-electron chi connectivity index (χ2n) is 8.99. The van der Waals surface area contributed by atoms with Crippen molar-refractivity contribution in [1.29, 1.82) is 0 Å². The molecule has 0 spiro atoms. The number of carboxylic acids is 1. The van der Waals surface area contributed by atoms with Crippen LogP contribution in [0.15, 0.2) is 40.7 Å². The minimum atomic E-state index is -0.889. The van der Waals surface area contributed by atoms with Gasteiger partial charge >= 0.3 is 5.97 Å². The monoisotopic (exact) mass is 467 g/mol. The van der Waals surface area contributed by atoms with Crippen LogP contribution in [-0.2, 0) is 14.4 Å². The minimum Gasteiger partial charge on any atom is -0.490 e. The number of hydrogen-bond acceptors (Lipinski definition) is 6. The van der Waals surface area contributed by atoms with Gasteiger partial charge in [-0.2, -0.15) is 0 Å². The van der Waals surface area contributed by atoms with Crippen LogP contribution in [0.4, 0.5) is 0 Å². The third-order valence-corrected chi connectivity index (χ3v) is 6.70. The van der Waals surface area contributed by atoms with Crippen LogP contribution < -0.4 is 9.47 Å². The lowest BCUT2D eigenvalue weighted by Crippen LogP contribution is -2.39. The van der Waals surface area contributed by atoms with Gasteiger partial charge in [0.25, 0.3) is 0 Å². The van der Waals surface area contributed by atoms with E-state index in [9.17, 15) is 19.5 Å². The number of Topliss-reactive ketones (excluding diaryl/α,β-unsaturated/α-hetero) is 2. The van der Waals surface area contributed by atoms with Gasteiger partial charge in [0.1, 0.15) is 0 Å². The van der Waals surface area contributed by atoms with Gasteiger partial charge in [-0.3, -0.25) is 14.4 Å². The molecular weight excluding hydrogens is 434 g/mol. The van der Waals surface area contributed by atoms with Gasteiger partial charge in [-0.25, -0.2) is 0 Å². The zero-order chi connectivity index (χ0) is 24.2. The van der Waals surface area contributed by atoms with Crippen LogP contribution in [0.5, 0.6) is 11.5 Å². The number of aliphatic carboxylic acids is 1. The van der Waals surface area contributed by atoms with Gasteiger partial charge < -0.3 is 19.5 Å². The first-order chi connectivity index (χ1) is 16.5. The van der Waals surface area contributed by atoms with Crippen molar-refractivity contribution in [3.05, 3.63) is 46.3 Å². The number of carboxylic acid groups (broad SMARTS) is 1.